The molecule has 22 heavy (non-hydrogen) atoms. The predicted molar refractivity (Wildman–Crippen MR) is 85.6 cm³/mol. The maximum Gasteiger partial charge on any atom is 0.257 e. The normalized spacial score (nSPS) is 17.9. The van der Waals surface area contributed by atoms with Gasteiger partial charge in [-0.15, -0.1) is 0 Å². The molecule has 2 aromatic rings. The van der Waals surface area contributed by atoms with E-state index in [1.165, 1.54) is 5.56 Å². The monoisotopic (exact) mass is 298 g/mol. The number of rotatable bonds is 4. The van der Waals surface area contributed by atoms with Crippen LogP contribution in [0.15, 0.2) is 36.5 Å². The highest BCUT2D eigenvalue weighted by Gasteiger charge is 2.30. The Labute approximate surface area is 130 Å². The number of hydrogen-bond acceptors (Lipinski definition) is 3. The van der Waals surface area contributed by atoms with Gasteiger partial charge in [0, 0.05) is 24.8 Å². The van der Waals surface area contributed by atoms with Crippen LogP contribution >= 0.6 is 0 Å². The van der Waals surface area contributed by atoms with Crippen molar-refractivity contribution >= 4 is 5.91 Å². The number of hydrogen-bond donors (Lipinski definition) is 1. The molecule has 5 heteroatoms. The lowest BCUT2D eigenvalue weighted by atomic mass is 10.2. The summed E-state index contributed by atoms with van der Waals surface area (Å²) < 4.78 is 1.89. The average Bonchev–Trinajstić information content (AvgIpc) is 3.15. The zero-order chi connectivity index (χ0) is 15.5. The van der Waals surface area contributed by atoms with Crippen LogP contribution in [0.4, 0.5) is 0 Å². The highest BCUT2D eigenvalue weighted by atomic mass is 16.2. The first kappa shape index (κ1) is 14.8. The van der Waals surface area contributed by atoms with E-state index < -0.39 is 0 Å². The zero-order valence-corrected chi connectivity index (χ0v) is 12.9. The number of nitrogens with zero attached hydrogens (tertiary/aromatic N) is 3. The largest absolute Gasteiger partial charge is 0.334 e. The van der Waals surface area contributed by atoms with Gasteiger partial charge in [0.15, 0.2) is 0 Å². The minimum absolute atomic E-state index is 0.0600. The van der Waals surface area contributed by atoms with E-state index in [9.17, 15) is 4.79 Å². The number of likely N-dealkylation sites (tertiary alicyclic amines) is 1. The fraction of sp³-hybridized carbons (Fsp3) is 0.412. The van der Waals surface area contributed by atoms with Gasteiger partial charge < -0.3 is 10.6 Å². The van der Waals surface area contributed by atoms with Crippen LogP contribution in [0.25, 0.3) is 0 Å². The molecule has 0 aliphatic carbocycles. The van der Waals surface area contributed by atoms with Crippen LogP contribution in [0.5, 0.6) is 0 Å². The van der Waals surface area contributed by atoms with E-state index in [0.29, 0.717) is 18.7 Å². The Kier molecular flexibility index (Phi) is 4.24. The average molecular weight is 298 g/mol. The Hall–Kier alpha value is -2.14. The SMILES string of the molecule is Cc1c(C(=O)N2CCCC2CN)cnn1Cc1ccccc1. The highest BCUT2D eigenvalue weighted by Crippen LogP contribution is 2.21. The highest BCUT2D eigenvalue weighted by molar-refractivity contribution is 5.95. The van der Waals surface area contributed by atoms with Crippen molar-refractivity contribution in [1.29, 1.82) is 0 Å². The first-order valence-corrected chi connectivity index (χ1v) is 7.78. The van der Waals surface area contributed by atoms with Crippen molar-refractivity contribution in [2.45, 2.75) is 32.4 Å². The third kappa shape index (κ3) is 2.76. The van der Waals surface area contributed by atoms with Gasteiger partial charge in [0.25, 0.3) is 5.91 Å². The van der Waals surface area contributed by atoms with Gasteiger partial charge in [-0.2, -0.15) is 5.10 Å². The molecular weight excluding hydrogens is 276 g/mol. The first-order chi connectivity index (χ1) is 10.7. The molecular formula is C17H22N4O. The van der Waals surface area contributed by atoms with Gasteiger partial charge in [-0.3, -0.25) is 9.48 Å². The van der Waals surface area contributed by atoms with Gasteiger partial charge in [-0.05, 0) is 25.3 Å². The quantitative estimate of drug-likeness (QED) is 0.936. The lowest BCUT2D eigenvalue weighted by Gasteiger charge is -2.23. The fourth-order valence-electron chi connectivity index (χ4n) is 3.08. The van der Waals surface area contributed by atoms with Gasteiger partial charge in [0.2, 0.25) is 0 Å². The second kappa shape index (κ2) is 6.32. The molecule has 1 unspecified atom stereocenters. The Bertz CT molecular complexity index is 650. The van der Waals surface area contributed by atoms with Gasteiger partial charge >= 0.3 is 0 Å². The van der Waals surface area contributed by atoms with Crippen molar-refractivity contribution < 1.29 is 4.79 Å². The summed E-state index contributed by atoms with van der Waals surface area (Å²) in [5.74, 6) is 0.0600. The van der Waals surface area contributed by atoms with E-state index in [4.69, 9.17) is 5.73 Å². The summed E-state index contributed by atoms with van der Waals surface area (Å²) in [5, 5.41) is 4.39. The van der Waals surface area contributed by atoms with Crippen molar-refractivity contribution in [1.82, 2.24) is 14.7 Å². The standard InChI is InChI=1S/C17H22N4O/c1-13-16(17(22)20-9-5-8-15(20)10-18)11-19-21(13)12-14-6-3-2-4-7-14/h2-4,6-7,11,15H,5,8-10,12,18H2,1H3. The summed E-state index contributed by atoms with van der Waals surface area (Å²) >= 11 is 0. The molecule has 2 N–H and O–H groups in total. The molecule has 0 spiro atoms. The Morgan fingerprint density at radius 2 is 2.14 bits per heavy atom. The van der Waals surface area contributed by atoms with E-state index in [1.54, 1.807) is 6.20 Å². The summed E-state index contributed by atoms with van der Waals surface area (Å²) in [6.45, 7) is 3.96. The van der Waals surface area contributed by atoms with E-state index >= 15 is 0 Å². The molecule has 1 amide bonds. The molecule has 1 atom stereocenters. The minimum Gasteiger partial charge on any atom is -0.334 e. The lowest BCUT2D eigenvalue weighted by Crippen LogP contribution is -2.40. The molecule has 1 aliphatic heterocycles. The maximum atomic E-state index is 12.7. The summed E-state index contributed by atoms with van der Waals surface area (Å²) in [6.07, 6.45) is 3.72. The minimum atomic E-state index is 0.0600. The van der Waals surface area contributed by atoms with Crippen LogP contribution in [0.2, 0.25) is 0 Å². The summed E-state index contributed by atoms with van der Waals surface area (Å²) in [7, 11) is 0. The molecule has 3 rings (SSSR count). The molecule has 116 valence electrons. The fourth-order valence-corrected chi connectivity index (χ4v) is 3.08. The zero-order valence-electron chi connectivity index (χ0n) is 12.9. The van der Waals surface area contributed by atoms with E-state index in [2.05, 4.69) is 17.2 Å². The smallest absolute Gasteiger partial charge is 0.257 e. The van der Waals surface area contributed by atoms with Crippen molar-refractivity contribution in [2.24, 2.45) is 5.73 Å². The first-order valence-electron chi connectivity index (χ1n) is 7.78. The number of amides is 1. The Balaban J connectivity index is 1.80. The second-order valence-corrected chi connectivity index (χ2v) is 5.82. The topological polar surface area (TPSA) is 64.2 Å². The summed E-state index contributed by atoms with van der Waals surface area (Å²) in [5.41, 5.74) is 8.55. The molecule has 1 aromatic carbocycles. The van der Waals surface area contributed by atoms with Crippen molar-refractivity contribution in [3.63, 3.8) is 0 Å². The Morgan fingerprint density at radius 1 is 1.36 bits per heavy atom. The molecule has 0 saturated carbocycles. The van der Waals surface area contributed by atoms with Crippen molar-refractivity contribution in [3.8, 4) is 0 Å². The lowest BCUT2D eigenvalue weighted by molar-refractivity contribution is 0.0740. The number of carbonyl (C=O) groups is 1. The van der Waals surface area contributed by atoms with Crippen LogP contribution in [-0.2, 0) is 6.54 Å². The third-order valence-corrected chi connectivity index (χ3v) is 4.42. The predicted octanol–water partition coefficient (Wildman–Crippen LogP) is 1.80. The molecule has 1 aliphatic rings. The van der Waals surface area contributed by atoms with Crippen LogP contribution in [0.3, 0.4) is 0 Å². The molecule has 5 nitrogen and oxygen atoms in total. The van der Waals surface area contributed by atoms with Gasteiger partial charge in [0.1, 0.15) is 0 Å². The maximum absolute atomic E-state index is 12.7. The molecule has 1 aromatic heterocycles. The number of benzene rings is 1. The van der Waals surface area contributed by atoms with E-state index in [1.807, 2.05) is 34.7 Å². The van der Waals surface area contributed by atoms with Gasteiger partial charge in [-0.1, -0.05) is 30.3 Å². The van der Waals surface area contributed by atoms with Gasteiger partial charge in [0.05, 0.1) is 18.3 Å². The molecule has 1 fully saturated rings. The van der Waals surface area contributed by atoms with E-state index in [-0.39, 0.29) is 11.9 Å². The van der Waals surface area contributed by atoms with Crippen LogP contribution in [0, 0.1) is 6.92 Å². The summed E-state index contributed by atoms with van der Waals surface area (Å²) in [4.78, 5) is 14.6. The van der Waals surface area contributed by atoms with E-state index in [0.717, 1.165) is 25.1 Å². The van der Waals surface area contributed by atoms with Gasteiger partial charge in [-0.25, -0.2) is 0 Å². The molecule has 0 bridgehead atoms. The van der Waals surface area contributed by atoms with Crippen LogP contribution < -0.4 is 5.73 Å². The molecule has 2 heterocycles. The number of carbonyl (C=O) groups excluding carboxylic acids is 1. The number of nitrogens with two attached hydrogens (primary N) is 1. The Morgan fingerprint density at radius 3 is 2.86 bits per heavy atom. The second-order valence-electron chi connectivity index (χ2n) is 5.82. The third-order valence-electron chi connectivity index (χ3n) is 4.42. The molecule has 0 radical (unpaired) electrons. The number of aromatic nitrogens is 2. The van der Waals surface area contributed by atoms with Crippen molar-refractivity contribution in [2.75, 3.05) is 13.1 Å². The van der Waals surface area contributed by atoms with Crippen LogP contribution in [0.1, 0.15) is 34.5 Å². The molecule has 1 saturated heterocycles. The van der Waals surface area contributed by atoms with Crippen molar-refractivity contribution in [3.05, 3.63) is 53.3 Å². The summed E-state index contributed by atoms with van der Waals surface area (Å²) in [6, 6.07) is 10.3. The van der Waals surface area contributed by atoms with Crippen LogP contribution in [-0.4, -0.2) is 39.7 Å².